The largest absolute Gasteiger partial charge is 0.444 e. The van der Waals surface area contributed by atoms with Crippen molar-refractivity contribution < 1.29 is 9.21 Å². The molecule has 0 aliphatic heterocycles. The average Bonchev–Trinajstić information content (AvgIpc) is 3.19. The molecule has 6 nitrogen and oxygen atoms in total. The van der Waals surface area contributed by atoms with Crippen molar-refractivity contribution in [2.75, 3.05) is 5.32 Å². The maximum absolute atomic E-state index is 12.2. The van der Waals surface area contributed by atoms with Gasteiger partial charge in [0.05, 0.1) is 18.3 Å². The van der Waals surface area contributed by atoms with Crippen molar-refractivity contribution in [2.45, 2.75) is 26.3 Å². The van der Waals surface area contributed by atoms with Gasteiger partial charge in [-0.15, -0.1) is 0 Å². The number of aryl methyl sites for hydroxylation is 1. The van der Waals surface area contributed by atoms with Crippen LogP contribution >= 0.6 is 11.6 Å². The van der Waals surface area contributed by atoms with Gasteiger partial charge in [0.1, 0.15) is 12.1 Å². The summed E-state index contributed by atoms with van der Waals surface area (Å²) in [5.41, 5.74) is 1.38. The lowest BCUT2D eigenvalue weighted by Crippen LogP contribution is -2.17. The summed E-state index contributed by atoms with van der Waals surface area (Å²) in [7, 11) is 0. The van der Waals surface area contributed by atoms with Crippen molar-refractivity contribution in [1.82, 2.24) is 14.8 Å². The number of rotatable bonds is 6. The lowest BCUT2D eigenvalue weighted by atomic mass is 10.2. The number of aromatic nitrogens is 3. The molecular formula is C17H17ClN4O2. The second-order valence-electron chi connectivity index (χ2n) is 5.32. The summed E-state index contributed by atoms with van der Waals surface area (Å²) in [6, 6.07) is 8.95. The Kier molecular flexibility index (Phi) is 4.96. The summed E-state index contributed by atoms with van der Waals surface area (Å²) in [4.78, 5) is 16.5. The Labute approximate surface area is 144 Å². The van der Waals surface area contributed by atoms with Crippen LogP contribution in [0.25, 0.3) is 11.5 Å². The van der Waals surface area contributed by atoms with Crippen LogP contribution in [0.3, 0.4) is 0 Å². The van der Waals surface area contributed by atoms with E-state index in [4.69, 9.17) is 16.0 Å². The zero-order valence-corrected chi connectivity index (χ0v) is 14.0. The minimum atomic E-state index is -0.163. The molecule has 0 atom stereocenters. The number of benzene rings is 1. The zero-order valence-electron chi connectivity index (χ0n) is 13.2. The summed E-state index contributed by atoms with van der Waals surface area (Å²) in [6.07, 6.45) is 4.24. The zero-order chi connectivity index (χ0) is 16.9. The number of halogens is 1. The molecule has 0 bridgehead atoms. The number of anilines is 1. The van der Waals surface area contributed by atoms with Gasteiger partial charge in [0, 0.05) is 23.2 Å². The van der Waals surface area contributed by atoms with Gasteiger partial charge < -0.3 is 9.73 Å². The van der Waals surface area contributed by atoms with Crippen LogP contribution in [0.2, 0.25) is 5.02 Å². The number of hydrogen-bond acceptors (Lipinski definition) is 4. The first-order valence-electron chi connectivity index (χ1n) is 7.67. The van der Waals surface area contributed by atoms with Gasteiger partial charge in [-0.05, 0) is 30.7 Å². The van der Waals surface area contributed by atoms with Gasteiger partial charge in [0.2, 0.25) is 11.8 Å². The Balaban J connectivity index is 1.65. The van der Waals surface area contributed by atoms with E-state index in [0.717, 1.165) is 18.5 Å². The Morgan fingerprint density at radius 2 is 2.08 bits per heavy atom. The second kappa shape index (κ2) is 7.31. The van der Waals surface area contributed by atoms with Gasteiger partial charge in [-0.1, -0.05) is 18.5 Å². The molecule has 7 heteroatoms. The Hall–Kier alpha value is -2.60. The summed E-state index contributed by atoms with van der Waals surface area (Å²) >= 11 is 5.86. The van der Waals surface area contributed by atoms with Crippen molar-refractivity contribution in [3.63, 3.8) is 0 Å². The monoisotopic (exact) mass is 344 g/mol. The van der Waals surface area contributed by atoms with E-state index >= 15 is 0 Å². The fourth-order valence-corrected chi connectivity index (χ4v) is 2.42. The number of oxazole rings is 1. The highest BCUT2D eigenvalue weighted by Crippen LogP contribution is 2.21. The summed E-state index contributed by atoms with van der Waals surface area (Å²) in [5, 5.41) is 7.66. The first-order valence-corrected chi connectivity index (χ1v) is 8.05. The van der Waals surface area contributed by atoms with Crippen molar-refractivity contribution in [3.05, 3.63) is 53.5 Å². The number of carbonyl (C=O) groups excluding carboxylic acids is 1. The van der Waals surface area contributed by atoms with Gasteiger partial charge in [0.15, 0.2) is 0 Å². The molecule has 0 saturated heterocycles. The molecule has 24 heavy (non-hydrogen) atoms. The molecule has 0 radical (unpaired) electrons. The first-order chi connectivity index (χ1) is 11.7. The van der Waals surface area contributed by atoms with E-state index in [1.165, 1.54) is 6.26 Å². The lowest BCUT2D eigenvalue weighted by molar-refractivity contribution is -0.115. The SMILES string of the molecule is CCCn1nccc1NC(=O)Cc1coc(-c2ccc(Cl)cc2)n1. The molecule has 0 saturated carbocycles. The number of nitrogens with zero attached hydrogens (tertiary/aromatic N) is 3. The average molecular weight is 345 g/mol. The molecule has 0 unspecified atom stereocenters. The van der Waals surface area contributed by atoms with E-state index in [0.29, 0.717) is 22.4 Å². The highest BCUT2D eigenvalue weighted by molar-refractivity contribution is 6.30. The molecule has 0 spiro atoms. The molecule has 124 valence electrons. The minimum absolute atomic E-state index is 0.133. The summed E-state index contributed by atoms with van der Waals surface area (Å²) in [6.45, 7) is 2.81. The number of nitrogens with one attached hydrogen (secondary N) is 1. The van der Waals surface area contributed by atoms with Crippen LogP contribution < -0.4 is 5.32 Å². The topological polar surface area (TPSA) is 73.0 Å². The van der Waals surface area contributed by atoms with Gasteiger partial charge >= 0.3 is 0 Å². The van der Waals surface area contributed by atoms with E-state index in [1.54, 1.807) is 29.1 Å². The van der Waals surface area contributed by atoms with Crippen LogP contribution in [0.15, 0.2) is 47.2 Å². The van der Waals surface area contributed by atoms with E-state index < -0.39 is 0 Å². The summed E-state index contributed by atoms with van der Waals surface area (Å²) in [5.74, 6) is 0.984. The molecule has 1 aromatic carbocycles. The third-order valence-corrected chi connectivity index (χ3v) is 3.66. The predicted molar refractivity (Wildman–Crippen MR) is 91.8 cm³/mol. The minimum Gasteiger partial charge on any atom is -0.444 e. The van der Waals surface area contributed by atoms with Crippen LogP contribution in [-0.4, -0.2) is 20.7 Å². The summed E-state index contributed by atoms with van der Waals surface area (Å²) < 4.78 is 7.20. The normalized spacial score (nSPS) is 10.8. The number of amides is 1. The number of carbonyl (C=O) groups is 1. The van der Waals surface area contributed by atoms with Gasteiger partial charge in [-0.2, -0.15) is 5.10 Å². The fourth-order valence-electron chi connectivity index (χ4n) is 2.29. The Morgan fingerprint density at radius 1 is 1.29 bits per heavy atom. The van der Waals surface area contributed by atoms with Crippen LogP contribution in [-0.2, 0) is 17.8 Å². The predicted octanol–water partition coefficient (Wildman–Crippen LogP) is 3.78. The van der Waals surface area contributed by atoms with Crippen LogP contribution in [0.5, 0.6) is 0 Å². The highest BCUT2D eigenvalue weighted by atomic mass is 35.5. The van der Waals surface area contributed by atoms with Gasteiger partial charge in [0.25, 0.3) is 0 Å². The molecule has 2 heterocycles. The van der Waals surface area contributed by atoms with Gasteiger partial charge in [-0.3, -0.25) is 4.79 Å². The molecule has 0 aliphatic carbocycles. The quantitative estimate of drug-likeness (QED) is 0.738. The van der Waals surface area contributed by atoms with Crippen molar-refractivity contribution in [2.24, 2.45) is 0 Å². The van der Waals surface area contributed by atoms with Crippen molar-refractivity contribution >= 4 is 23.3 Å². The maximum Gasteiger partial charge on any atom is 0.231 e. The molecular weight excluding hydrogens is 328 g/mol. The van der Waals surface area contributed by atoms with Crippen molar-refractivity contribution in [3.8, 4) is 11.5 Å². The molecule has 3 rings (SSSR count). The van der Waals surface area contributed by atoms with E-state index in [-0.39, 0.29) is 12.3 Å². The highest BCUT2D eigenvalue weighted by Gasteiger charge is 2.12. The standard InChI is InChI=1S/C17H17ClN4O2/c1-2-9-22-15(7-8-19-22)21-16(23)10-14-11-24-17(20-14)12-3-5-13(18)6-4-12/h3-8,11H,2,9-10H2,1H3,(H,21,23). The first kappa shape index (κ1) is 16.3. The van der Waals surface area contributed by atoms with Gasteiger partial charge in [-0.25, -0.2) is 9.67 Å². The third kappa shape index (κ3) is 3.83. The van der Waals surface area contributed by atoms with Crippen molar-refractivity contribution in [1.29, 1.82) is 0 Å². The lowest BCUT2D eigenvalue weighted by Gasteiger charge is -2.06. The Bertz CT molecular complexity index is 823. The third-order valence-electron chi connectivity index (χ3n) is 3.40. The van der Waals surface area contributed by atoms with Crippen LogP contribution in [0, 0.1) is 0 Å². The second-order valence-corrected chi connectivity index (χ2v) is 5.75. The smallest absolute Gasteiger partial charge is 0.231 e. The fraction of sp³-hybridized carbons (Fsp3) is 0.235. The molecule has 0 aliphatic rings. The van der Waals surface area contributed by atoms with E-state index in [9.17, 15) is 4.79 Å². The van der Waals surface area contributed by atoms with E-state index in [2.05, 4.69) is 22.3 Å². The molecule has 1 N–H and O–H groups in total. The maximum atomic E-state index is 12.2. The van der Waals surface area contributed by atoms with E-state index in [1.807, 2.05) is 12.1 Å². The van der Waals surface area contributed by atoms with Crippen LogP contribution in [0.4, 0.5) is 5.82 Å². The van der Waals surface area contributed by atoms with Crippen LogP contribution in [0.1, 0.15) is 19.0 Å². The molecule has 3 aromatic rings. The molecule has 1 amide bonds. The molecule has 2 aromatic heterocycles. The Morgan fingerprint density at radius 3 is 2.83 bits per heavy atom. The molecule has 0 fully saturated rings. The number of hydrogen-bond donors (Lipinski definition) is 1.